The van der Waals surface area contributed by atoms with Gasteiger partial charge in [-0.15, -0.1) is 0 Å². The largest absolute Gasteiger partial charge is 0.336 e. The maximum absolute atomic E-state index is 12.5. The van der Waals surface area contributed by atoms with Gasteiger partial charge in [0.25, 0.3) is 11.6 Å². The first kappa shape index (κ1) is 14.7. The molecule has 1 aliphatic rings. The van der Waals surface area contributed by atoms with Crippen molar-refractivity contribution in [1.82, 2.24) is 9.88 Å². The van der Waals surface area contributed by atoms with Gasteiger partial charge in [0.2, 0.25) is 0 Å². The van der Waals surface area contributed by atoms with E-state index in [-0.39, 0.29) is 28.4 Å². The number of aromatic nitrogens is 1. The second-order valence-electron chi connectivity index (χ2n) is 4.85. The Morgan fingerprint density at radius 1 is 1.60 bits per heavy atom. The van der Waals surface area contributed by atoms with E-state index in [0.29, 0.717) is 6.54 Å². The quantitative estimate of drug-likeness (QED) is 0.488. The Balaban J connectivity index is 2.32. The summed E-state index contributed by atoms with van der Waals surface area (Å²) in [6.07, 6.45) is 4.94. The predicted octanol–water partition coefficient (Wildman–Crippen LogP) is 3.05. The fourth-order valence-corrected chi connectivity index (χ4v) is 2.72. The molecule has 1 unspecified atom stereocenters. The monoisotopic (exact) mass is 297 g/mol. The van der Waals surface area contributed by atoms with Crippen molar-refractivity contribution in [2.24, 2.45) is 0 Å². The number of carbonyl (C=O) groups excluding carboxylic acids is 1. The van der Waals surface area contributed by atoms with Gasteiger partial charge in [-0.25, -0.2) is 4.98 Å². The minimum absolute atomic E-state index is 0.0148. The Hall–Kier alpha value is -1.69. The molecule has 0 saturated carbocycles. The lowest BCUT2D eigenvalue weighted by atomic mass is 9.99. The van der Waals surface area contributed by atoms with E-state index < -0.39 is 4.92 Å². The molecule has 0 bridgehead atoms. The molecular weight excluding hydrogens is 282 g/mol. The summed E-state index contributed by atoms with van der Waals surface area (Å²) < 4.78 is 0. The van der Waals surface area contributed by atoms with Gasteiger partial charge in [-0.05, 0) is 25.7 Å². The number of carbonyl (C=O) groups is 1. The van der Waals surface area contributed by atoms with Crippen LogP contribution in [0.4, 0.5) is 5.69 Å². The van der Waals surface area contributed by atoms with Gasteiger partial charge in [0.05, 0.1) is 10.5 Å². The zero-order valence-electron chi connectivity index (χ0n) is 11.2. The molecule has 0 aromatic carbocycles. The molecule has 1 aromatic rings. The van der Waals surface area contributed by atoms with Gasteiger partial charge < -0.3 is 4.90 Å². The standard InChI is InChI=1S/C13H16ClN3O3/c1-2-9-5-3-4-6-16(9)13(18)11-7-10(17(19)20)8-15-12(11)14/h7-9H,2-6H2,1H3. The van der Waals surface area contributed by atoms with Crippen molar-refractivity contribution in [2.45, 2.75) is 38.6 Å². The Labute approximate surface area is 121 Å². The molecule has 0 radical (unpaired) electrons. The Kier molecular flexibility index (Phi) is 4.54. The van der Waals surface area contributed by atoms with E-state index in [0.717, 1.165) is 31.9 Å². The first-order chi connectivity index (χ1) is 9.54. The van der Waals surface area contributed by atoms with Crippen LogP contribution in [0.3, 0.4) is 0 Å². The van der Waals surface area contributed by atoms with E-state index in [1.807, 2.05) is 6.92 Å². The maximum Gasteiger partial charge on any atom is 0.288 e. The van der Waals surface area contributed by atoms with Gasteiger partial charge in [-0.3, -0.25) is 14.9 Å². The molecule has 0 spiro atoms. The Bertz CT molecular complexity index is 536. The summed E-state index contributed by atoms with van der Waals surface area (Å²) in [5, 5.41) is 10.8. The number of pyridine rings is 1. The number of hydrogen-bond acceptors (Lipinski definition) is 4. The number of halogens is 1. The Morgan fingerprint density at radius 3 is 3.00 bits per heavy atom. The molecule has 20 heavy (non-hydrogen) atoms. The molecule has 1 amide bonds. The highest BCUT2D eigenvalue weighted by molar-refractivity contribution is 6.32. The summed E-state index contributed by atoms with van der Waals surface area (Å²) in [6, 6.07) is 1.38. The van der Waals surface area contributed by atoms with Crippen molar-refractivity contribution in [2.75, 3.05) is 6.54 Å². The lowest BCUT2D eigenvalue weighted by molar-refractivity contribution is -0.385. The van der Waals surface area contributed by atoms with Crippen LogP contribution in [0.25, 0.3) is 0 Å². The van der Waals surface area contributed by atoms with E-state index in [9.17, 15) is 14.9 Å². The molecule has 7 heteroatoms. The molecule has 0 N–H and O–H groups in total. The maximum atomic E-state index is 12.5. The average molecular weight is 298 g/mol. The SMILES string of the molecule is CCC1CCCCN1C(=O)c1cc([N+](=O)[O-])cnc1Cl. The lowest BCUT2D eigenvalue weighted by Crippen LogP contribution is -2.43. The number of amides is 1. The second kappa shape index (κ2) is 6.17. The van der Waals surface area contributed by atoms with Crippen LogP contribution in [0.5, 0.6) is 0 Å². The number of nitrogens with zero attached hydrogens (tertiary/aromatic N) is 3. The van der Waals surface area contributed by atoms with Gasteiger partial charge in [0.1, 0.15) is 11.3 Å². The third kappa shape index (κ3) is 2.90. The summed E-state index contributed by atoms with van der Waals surface area (Å²) >= 11 is 5.92. The lowest BCUT2D eigenvalue weighted by Gasteiger charge is -2.35. The predicted molar refractivity (Wildman–Crippen MR) is 74.9 cm³/mol. The van der Waals surface area contributed by atoms with Crippen molar-refractivity contribution >= 4 is 23.2 Å². The summed E-state index contributed by atoms with van der Waals surface area (Å²) in [5.41, 5.74) is -0.107. The zero-order valence-corrected chi connectivity index (χ0v) is 12.0. The molecule has 1 atom stereocenters. The molecule has 6 nitrogen and oxygen atoms in total. The molecule has 2 rings (SSSR count). The topological polar surface area (TPSA) is 76.3 Å². The van der Waals surface area contributed by atoms with E-state index in [1.54, 1.807) is 4.90 Å². The highest BCUT2D eigenvalue weighted by Gasteiger charge is 2.28. The number of hydrogen-bond donors (Lipinski definition) is 0. The van der Waals surface area contributed by atoms with Crippen LogP contribution in [0.15, 0.2) is 12.3 Å². The number of likely N-dealkylation sites (tertiary alicyclic amines) is 1. The minimum Gasteiger partial charge on any atom is -0.336 e. The van der Waals surface area contributed by atoms with Gasteiger partial charge in [-0.1, -0.05) is 18.5 Å². The third-order valence-electron chi connectivity index (χ3n) is 3.63. The normalized spacial score (nSPS) is 18.9. The van der Waals surface area contributed by atoms with Gasteiger partial charge >= 0.3 is 0 Å². The van der Waals surface area contributed by atoms with E-state index in [2.05, 4.69) is 4.98 Å². The van der Waals surface area contributed by atoms with Crippen LogP contribution >= 0.6 is 11.6 Å². The fourth-order valence-electron chi connectivity index (χ4n) is 2.53. The van der Waals surface area contributed by atoms with Crippen molar-refractivity contribution < 1.29 is 9.72 Å². The summed E-state index contributed by atoms with van der Waals surface area (Å²) in [4.78, 5) is 28.3. The third-order valence-corrected chi connectivity index (χ3v) is 3.93. The minimum atomic E-state index is -0.576. The van der Waals surface area contributed by atoms with Crippen LogP contribution in [-0.2, 0) is 0 Å². The highest BCUT2D eigenvalue weighted by atomic mass is 35.5. The van der Waals surface area contributed by atoms with E-state index in [1.165, 1.54) is 6.07 Å². The number of rotatable bonds is 3. The van der Waals surface area contributed by atoms with Gasteiger partial charge in [0, 0.05) is 18.7 Å². The smallest absolute Gasteiger partial charge is 0.288 e. The average Bonchev–Trinajstić information content (AvgIpc) is 2.46. The second-order valence-corrected chi connectivity index (χ2v) is 5.20. The van der Waals surface area contributed by atoms with Crippen molar-refractivity contribution in [3.63, 3.8) is 0 Å². The molecule has 1 aliphatic heterocycles. The molecule has 1 aromatic heterocycles. The first-order valence-electron chi connectivity index (χ1n) is 6.65. The Morgan fingerprint density at radius 2 is 2.35 bits per heavy atom. The van der Waals surface area contributed by atoms with Crippen LogP contribution in [0.1, 0.15) is 43.0 Å². The van der Waals surface area contributed by atoms with E-state index >= 15 is 0 Å². The molecular formula is C13H16ClN3O3. The fraction of sp³-hybridized carbons (Fsp3) is 0.538. The number of piperidine rings is 1. The molecule has 1 saturated heterocycles. The van der Waals surface area contributed by atoms with Crippen LogP contribution in [0.2, 0.25) is 5.15 Å². The van der Waals surface area contributed by atoms with Crippen molar-refractivity contribution in [3.8, 4) is 0 Å². The van der Waals surface area contributed by atoms with Crippen molar-refractivity contribution in [3.05, 3.63) is 33.1 Å². The van der Waals surface area contributed by atoms with Gasteiger partial charge in [-0.2, -0.15) is 0 Å². The van der Waals surface area contributed by atoms with Crippen LogP contribution in [-0.4, -0.2) is 33.3 Å². The molecule has 108 valence electrons. The molecule has 0 aliphatic carbocycles. The molecule has 1 fully saturated rings. The number of nitro groups is 1. The molecule has 2 heterocycles. The zero-order chi connectivity index (χ0) is 14.7. The van der Waals surface area contributed by atoms with Crippen LogP contribution in [0, 0.1) is 10.1 Å². The van der Waals surface area contributed by atoms with Crippen molar-refractivity contribution in [1.29, 1.82) is 0 Å². The van der Waals surface area contributed by atoms with E-state index in [4.69, 9.17) is 11.6 Å². The summed E-state index contributed by atoms with van der Waals surface area (Å²) in [5.74, 6) is -0.266. The summed E-state index contributed by atoms with van der Waals surface area (Å²) in [7, 11) is 0. The first-order valence-corrected chi connectivity index (χ1v) is 7.03. The van der Waals surface area contributed by atoms with Crippen LogP contribution < -0.4 is 0 Å². The highest BCUT2D eigenvalue weighted by Crippen LogP contribution is 2.26. The van der Waals surface area contributed by atoms with Gasteiger partial charge in [0.15, 0.2) is 0 Å². The summed E-state index contributed by atoms with van der Waals surface area (Å²) in [6.45, 7) is 2.69.